The summed E-state index contributed by atoms with van der Waals surface area (Å²) < 4.78 is 0. The number of hydrogen-bond donors (Lipinski definition) is 0. The molecule has 2 aliphatic rings. The van der Waals surface area contributed by atoms with Gasteiger partial charge in [0.05, 0.1) is 0 Å². The third kappa shape index (κ3) is 3.91. The quantitative estimate of drug-likeness (QED) is 0.597. The summed E-state index contributed by atoms with van der Waals surface area (Å²) in [5, 5.41) is 2.78. The normalized spacial score (nSPS) is 20.4. The Morgan fingerprint density at radius 1 is 0.880 bits per heavy atom. The molecule has 2 aromatic rings. The lowest BCUT2D eigenvalue weighted by atomic mass is 9.98. The first kappa shape index (κ1) is 17.6. The van der Waals surface area contributed by atoms with E-state index in [1.54, 1.807) is 0 Å². The summed E-state index contributed by atoms with van der Waals surface area (Å²) >= 11 is 1.90. The molecule has 1 nitrogen and oxygen atoms in total. The van der Waals surface area contributed by atoms with E-state index in [9.17, 15) is 0 Å². The van der Waals surface area contributed by atoms with Crippen LogP contribution < -0.4 is 4.90 Å². The zero-order valence-electron chi connectivity index (χ0n) is 15.1. The van der Waals surface area contributed by atoms with Gasteiger partial charge in [-0.2, -0.15) is 0 Å². The van der Waals surface area contributed by atoms with E-state index in [0.717, 1.165) is 0 Å². The van der Waals surface area contributed by atoms with E-state index >= 15 is 0 Å². The van der Waals surface area contributed by atoms with Gasteiger partial charge in [0.15, 0.2) is 0 Å². The minimum Gasteiger partial charge on any atom is -0.311 e. The SMILES string of the molecule is CC.Cc1cccc(N(C2=CC3C=CSC3C=C2)c2ccccc2)c1. The molecule has 2 unspecified atom stereocenters. The standard InChI is InChI=1S/C21H19NS.C2H6/c1-16-6-5-9-19(14-16)22(18-7-3-2-4-8-18)20-10-11-21-17(15-20)12-13-23-21;1-2/h2-15,17,21H,1H3;1-2H3. The van der Waals surface area contributed by atoms with Crippen molar-refractivity contribution in [3.8, 4) is 0 Å². The summed E-state index contributed by atoms with van der Waals surface area (Å²) in [6.07, 6.45) is 9.28. The Balaban J connectivity index is 0.000000880. The molecule has 25 heavy (non-hydrogen) atoms. The van der Waals surface area contributed by atoms with Crippen molar-refractivity contribution in [1.82, 2.24) is 0 Å². The van der Waals surface area contributed by atoms with Gasteiger partial charge < -0.3 is 4.90 Å². The average molecular weight is 348 g/mol. The third-order valence-electron chi connectivity index (χ3n) is 4.27. The van der Waals surface area contributed by atoms with Crippen LogP contribution in [0.2, 0.25) is 0 Å². The molecular formula is C23H25NS. The van der Waals surface area contributed by atoms with Crippen molar-refractivity contribution < 1.29 is 0 Å². The molecular weight excluding hydrogens is 322 g/mol. The molecule has 4 rings (SSSR count). The van der Waals surface area contributed by atoms with Gasteiger partial charge in [-0.1, -0.05) is 62.4 Å². The number of benzene rings is 2. The van der Waals surface area contributed by atoms with E-state index in [-0.39, 0.29) is 0 Å². The molecule has 2 aromatic carbocycles. The van der Waals surface area contributed by atoms with Gasteiger partial charge in [0.25, 0.3) is 0 Å². The maximum Gasteiger partial charge on any atom is 0.0464 e. The van der Waals surface area contributed by atoms with Gasteiger partial charge in [0.1, 0.15) is 0 Å². The lowest BCUT2D eigenvalue weighted by Crippen LogP contribution is -2.20. The monoisotopic (exact) mass is 347 g/mol. The zero-order valence-corrected chi connectivity index (χ0v) is 15.9. The van der Waals surface area contributed by atoms with Gasteiger partial charge in [0.2, 0.25) is 0 Å². The van der Waals surface area contributed by atoms with Crippen molar-refractivity contribution in [3.63, 3.8) is 0 Å². The molecule has 128 valence electrons. The molecule has 0 radical (unpaired) electrons. The number of thioether (sulfide) groups is 1. The molecule has 0 bridgehead atoms. The number of hydrogen-bond acceptors (Lipinski definition) is 2. The van der Waals surface area contributed by atoms with Crippen molar-refractivity contribution in [3.05, 3.63) is 95.6 Å². The fourth-order valence-electron chi connectivity index (χ4n) is 3.14. The number of allylic oxidation sites excluding steroid dienone is 3. The van der Waals surface area contributed by atoms with Gasteiger partial charge >= 0.3 is 0 Å². The van der Waals surface area contributed by atoms with Crippen LogP contribution in [0.5, 0.6) is 0 Å². The number of fused-ring (bicyclic) bond motifs is 1. The van der Waals surface area contributed by atoms with Crippen LogP contribution >= 0.6 is 11.8 Å². The van der Waals surface area contributed by atoms with Gasteiger partial charge in [-0.3, -0.25) is 0 Å². The molecule has 1 aliphatic carbocycles. The second kappa shape index (κ2) is 8.26. The van der Waals surface area contributed by atoms with Crippen LogP contribution in [-0.2, 0) is 0 Å². The molecule has 0 saturated heterocycles. The molecule has 0 aromatic heterocycles. The highest BCUT2D eigenvalue weighted by Crippen LogP contribution is 2.39. The Labute approximate surface area is 155 Å². The molecule has 0 spiro atoms. The Bertz CT molecular complexity index is 789. The molecule has 1 heterocycles. The smallest absolute Gasteiger partial charge is 0.0464 e. The summed E-state index contributed by atoms with van der Waals surface area (Å²) in [7, 11) is 0. The maximum atomic E-state index is 2.39. The first-order chi connectivity index (χ1) is 12.3. The fourth-order valence-corrected chi connectivity index (χ4v) is 4.11. The molecule has 0 amide bonds. The largest absolute Gasteiger partial charge is 0.311 e. The third-order valence-corrected chi connectivity index (χ3v) is 5.37. The first-order valence-electron chi connectivity index (χ1n) is 8.95. The lowest BCUT2D eigenvalue weighted by Gasteiger charge is -2.30. The molecule has 0 fully saturated rings. The average Bonchev–Trinajstić information content (AvgIpc) is 3.13. The summed E-state index contributed by atoms with van der Waals surface area (Å²) in [5.74, 6) is 0.496. The van der Waals surface area contributed by atoms with Crippen LogP contribution in [0.15, 0.2) is 90.0 Å². The number of aryl methyl sites for hydroxylation is 1. The summed E-state index contributed by atoms with van der Waals surface area (Å²) in [6.45, 7) is 6.14. The summed E-state index contributed by atoms with van der Waals surface area (Å²) in [4.78, 5) is 2.34. The van der Waals surface area contributed by atoms with Crippen molar-refractivity contribution >= 4 is 23.1 Å². The molecule has 2 heteroatoms. The predicted molar refractivity (Wildman–Crippen MR) is 112 cm³/mol. The zero-order chi connectivity index (χ0) is 17.6. The Morgan fingerprint density at radius 3 is 2.40 bits per heavy atom. The molecule has 0 saturated carbocycles. The second-order valence-electron chi connectivity index (χ2n) is 5.97. The number of para-hydroxylation sites is 1. The van der Waals surface area contributed by atoms with E-state index in [1.807, 2.05) is 25.6 Å². The number of nitrogens with zero attached hydrogens (tertiary/aromatic N) is 1. The minimum absolute atomic E-state index is 0.496. The van der Waals surface area contributed by atoms with Gasteiger partial charge in [-0.15, -0.1) is 11.8 Å². The second-order valence-corrected chi connectivity index (χ2v) is 7.06. The van der Waals surface area contributed by atoms with Crippen molar-refractivity contribution in [1.29, 1.82) is 0 Å². The Kier molecular flexibility index (Phi) is 5.83. The number of anilines is 2. The van der Waals surface area contributed by atoms with Crippen molar-refractivity contribution in [2.75, 3.05) is 4.90 Å². The van der Waals surface area contributed by atoms with E-state index in [1.165, 1.54) is 22.6 Å². The molecule has 0 N–H and O–H groups in total. The lowest BCUT2D eigenvalue weighted by molar-refractivity contribution is 0.839. The Hall–Kier alpha value is -2.19. The number of rotatable bonds is 3. The highest BCUT2D eigenvalue weighted by atomic mass is 32.2. The van der Waals surface area contributed by atoms with Gasteiger partial charge in [0, 0.05) is 28.2 Å². The van der Waals surface area contributed by atoms with Crippen LogP contribution in [0.3, 0.4) is 0 Å². The first-order valence-corrected chi connectivity index (χ1v) is 9.89. The highest BCUT2D eigenvalue weighted by molar-refractivity contribution is 8.03. The fraction of sp³-hybridized carbons (Fsp3) is 0.217. The van der Waals surface area contributed by atoms with Crippen molar-refractivity contribution in [2.45, 2.75) is 26.0 Å². The van der Waals surface area contributed by atoms with E-state index in [4.69, 9.17) is 0 Å². The van der Waals surface area contributed by atoms with Crippen LogP contribution in [0, 0.1) is 12.8 Å². The predicted octanol–water partition coefficient (Wildman–Crippen LogP) is 6.86. The van der Waals surface area contributed by atoms with Crippen molar-refractivity contribution in [2.24, 2.45) is 5.92 Å². The highest BCUT2D eigenvalue weighted by Gasteiger charge is 2.25. The van der Waals surface area contributed by atoms with E-state index in [2.05, 4.69) is 96.1 Å². The van der Waals surface area contributed by atoms with Crippen LogP contribution in [-0.4, -0.2) is 5.25 Å². The maximum absolute atomic E-state index is 2.39. The van der Waals surface area contributed by atoms with Gasteiger partial charge in [-0.05, 0) is 48.2 Å². The summed E-state index contributed by atoms with van der Waals surface area (Å²) in [6, 6.07) is 19.3. The van der Waals surface area contributed by atoms with E-state index in [0.29, 0.717) is 11.2 Å². The molecule has 1 aliphatic heterocycles. The van der Waals surface area contributed by atoms with Crippen LogP contribution in [0.4, 0.5) is 11.4 Å². The van der Waals surface area contributed by atoms with E-state index < -0.39 is 0 Å². The minimum atomic E-state index is 0.496. The summed E-state index contributed by atoms with van der Waals surface area (Å²) in [5.41, 5.74) is 4.93. The van der Waals surface area contributed by atoms with Crippen LogP contribution in [0.1, 0.15) is 19.4 Å². The Morgan fingerprint density at radius 2 is 1.64 bits per heavy atom. The topological polar surface area (TPSA) is 3.24 Å². The van der Waals surface area contributed by atoms with Gasteiger partial charge in [-0.25, -0.2) is 0 Å². The molecule has 2 atom stereocenters. The van der Waals surface area contributed by atoms with Crippen LogP contribution in [0.25, 0.3) is 0 Å².